The summed E-state index contributed by atoms with van der Waals surface area (Å²) < 4.78 is 16.9. The van der Waals surface area contributed by atoms with Crippen molar-refractivity contribution in [1.82, 2.24) is 0 Å². The van der Waals surface area contributed by atoms with Crippen molar-refractivity contribution >= 4 is 17.9 Å². The van der Waals surface area contributed by atoms with Gasteiger partial charge < -0.3 is 14.2 Å². The Morgan fingerprint density at radius 1 is 0.282 bits per heavy atom. The van der Waals surface area contributed by atoms with E-state index in [1.54, 1.807) is 0 Å². The second kappa shape index (κ2) is 60.2. The highest BCUT2D eigenvalue weighted by Crippen LogP contribution is 2.17. The topological polar surface area (TPSA) is 78.9 Å². The second-order valence-electron chi connectivity index (χ2n) is 21.3. The summed E-state index contributed by atoms with van der Waals surface area (Å²) in [5.74, 6) is -0.848. The van der Waals surface area contributed by atoms with Crippen LogP contribution in [0.5, 0.6) is 0 Å². The normalized spacial score (nSPS) is 12.2. The molecule has 0 N–H and O–H groups in total. The van der Waals surface area contributed by atoms with Crippen LogP contribution in [0.2, 0.25) is 0 Å². The molecule has 0 spiro atoms. The van der Waals surface area contributed by atoms with E-state index in [2.05, 4.69) is 57.2 Å². The van der Waals surface area contributed by atoms with Gasteiger partial charge in [-0.15, -0.1) is 0 Å². The number of carbonyl (C=O) groups excluding carboxylic acids is 3. The molecular weight excluding hydrogens is 877 g/mol. The molecule has 0 rings (SSSR count). The Morgan fingerprint density at radius 3 is 0.789 bits per heavy atom. The first-order valence-corrected chi connectivity index (χ1v) is 31.5. The molecule has 6 nitrogen and oxygen atoms in total. The highest BCUT2D eigenvalue weighted by molar-refractivity contribution is 5.71. The van der Waals surface area contributed by atoms with Crippen molar-refractivity contribution in [2.24, 2.45) is 0 Å². The van der Waals surface area contributed by atoms with Gasteiger partial charge in [-0.3, -0.25) is 14.4 Å². The summed E-state index contributed by atoms with van der Waals surface area (Å²) in [6, 6.07) is 0. The third-order valence-electron chi connectivity index (χ3n) is 14.1. The molecule has 0 saturated heterocycles. The smallest absolute Gasteiger partial charge is 0.306 e. The number of carbonyl (C=O) groups is 3. The largest absolute Gasteiger partial charge is 0.462 e. The summed E-state index contributed by atoms with van der Waals surface area (Å²) in [4.78, 5) is 38.2. The Bertz CT molecular complexity index is 1190. The van der Waals surface area contributed by atoms with Crippen LogP contribution in [0, 0.1) is 0 Å². The number of allylic oxidation sites excluding steroid dienone is 6. The highest BCUT2D eigenvalue weighted by atomic mass is 16.6. The van der Waals surface area contributed by atoms with E-state index in [0.29, 0.717) is 19.3 Å². The van der Waals surface area contributed by atoms with Gasteiger partial charge >= 0.3 is 17.9 Å². The van der Waals surface area contributed by atoms with E-state index < -0.39 is 6.10 Å². The van der Waals surface area contributed by atoms with Crippen LogP contribution in [0.4, 0.5) is 0 Å². The molecule has 416 valence electrons. The van der Waals surface area contributed by atoms with Crippen LogP contribution >= 0.6 is 0 Å². The molecule has 0 bridgehead atoms. The lowest BCUT2D eigenvalue weighted by Crippen LogP contribution is -2.30. The zero-order valence-electron chi connectivity index (χ0n) is 47.8. The van der Waals surface area contributed by atoms with Crippen LogP contribution in [0.3, 0.4) is 0 Å². The lowest BCUT2D eigenvalue weighted by atomic mass is 10.0. The van der Waals surface area contributed by atoms with Gasteiger partial charge in [0.2, 0.25) is 0 Å². The zero-order valence-corrected chi connectivity index (χ0v) is 47.8. The lowest BCUT2D eigenvalue weighted by Gasteiger charge is -2.18. The van der Waals surface area contributed by atoms with Crippen molar-refractivity contribution in [1.29, 1.82) is 0 Å². The molecule has 6 heteroatoms. The van der Waals surface area contributed by atoms with Gasteiger partial charge in [0.1, 0.15) is 13.2 Å². The number of unbranched alkanes of at least 4 members (excludes halogenated alkanes) is 41. The number of ether oxygens (including phenoxy) is 3. The molecule has 0 aliphatic rings. The number of hydrogen-bond acceptors (Lipinski definition) is 6. The highest BCUT2D eigenvalue weighted by Gasteiger charge is 2.19. The van der Waals surface area contributed by atoms with E-state index in [-0.39, 0.29) is 31.1 Å². The number of esters is 3. The number of rotatable bonds is 58. The first-order chi connectivity index (χ1) is 35.0. The molecule has 0 aromatic carbocycles. The van der Waals surface area contributed by atoms with E-state index in [1.165, 1.54) is 231 Å². The van der Waals surface area contributed by atoms with Crippen molar-refractivity contribution in [2.45, 2.75) is 348 Å². The van der Waals surface area contributed by atoms with Gasteiger partial charge in [-0.25, -0.2) is 0 Å². The summed E-state index contributed by atoms with van der Waals surface area (Å²) in [5, 5.41) is 0. The summed E-state index contributed by atoms with van der Waals surface area (Å²) in [5.41, 5.74) is 0. The van der Waals surface area contributed by atoms with Crippen LogP contribution in [0.15, 0.2) is 36.5 Å². The van der Waals surface area contributed by atoms with E-state index in [0.717, 1.165) is 70.6 Å². The van der Waals surface area contributed by atoms with Crippen molar-refractivity contribution in [3.8, 4) is 0 Å². The Kier molecular flexibility index (Phi) is 58.2. The monoisotopic (exact) mass is 997 g/mol. The zero-order chi connectivity index (χ0) is 51.4. The summed E-state index contributed by atoms with van der Waals surface area (Å²) in [7, 11) is 0. The van der Waals surface area contributed by atoms with Crippen molar-refractivity contribution in [3.63, 3.8) is 0 Å². The molecule has 0 aliphatic heterocycles. The standard InChI is InChI=1S/C65H120O6/c1-4-7-10-13-16-19-22-25-28-29-30-31-32-33-34-35-36-37-38-41-43-46-49-52-55-58-64(67)70-61-62(71-65(68)59-56-53-50-47-44-40-27-24-21-18-15-12-9-6-3)60-69-63(66)57-54-51-48-45-42-39-26-23-20-17-14-11-8-5-2/h22,25,29-30,32-33,62H,4-21,23-24,26-28,31,34-61H2,1-3H3/b25-22-,30-29-,33-32-. The second-order valence-corrected chi connectivity index (χ2v) is 21.3. The maximum absolute atomic E-state index is 12.9. The Balaban J connectivity index is 4.25. The van der Waals surface area contributed by atoms with Gasteiger partial charge in [-0.1, -0.05) is 301 Å². The Morgan fingerprint density at radius 2 is 0.507 bits per heavy atom. The Labute approximate surface area is 442 Å². The molecule has 0 heterocycles. The predicted octanol–water partition coefficient (Wildman–Crippen LogP) is 21.2. The summed E-state index contributed by atoms with van der Waals surface area (Å²) >= 11 is 0. The molecule has 0 saturated carbocycles. The molecule has 71 heavy (non-hydrogen) atoms. The fourth-order valence-electron chi connectivity index (χ4n) is 9.39. The van der Waals surface area contributed by atoms with E-state index >= 15 is 0 Å². The summed E-state index contributed by atoms with van der Waals surface area (Å²) in [6.07, 6.45) is 72.9. The van der Waals surface area contributed by atoms with Crippen LogP contribution in [0.1, 0.15) is 342 Å². The minimum atomic E-state index is -0.769. The van der Waals surface area contributed by atoms with Crippen molar-refractivity contribution in [2.75, 3.05) is 13.2 Å². The van der Waals surface area contributed by atoms with Gasteiger partial charge in [-0.2, -0.15) is 0 Å². The van der Waals surface area contributed by atoms with Crippen molar-refractivity contribution < 1.29 is 28.6 Å². The van der Waals surface area contributed by atoms with Gasteiger partial charge in [0.05, 0.1) is 0 Å². The first-order valence-electron chi connectivity index (χ1n) is 31.5. The van der Waals surface area contributed by atoms with Crippen LogP contribution in [-0.4, -0.2) is 37.2 Å². The molecule has 0 aromatic rings. The molecule has 1 unspecified atom stereocenters. The first kappa shape index (κ1) is 68.6. The van der Waals surface area contributed by atoms with Crippen LogP contribution < -0.4 is 0 Å². The minimum absolute atomic E-state index is 0.0676. The number of hydrogen-bond donors (Lipinski definition) is 0. The quantitative estimate of drug-likeness (QED) is 0.0261. The lowest BCUT2D eigenvalue weighted by molar-refractivity contribution is -0.167. The SMILES string of the molecule is CCCCCCC/C=C\C/C=C\C/C=C\CCCCCCCCCCCCC(=O)OCC(COC(=O)CCCCCCCCCCCCCCCC)OC(=O)CCCCCCCCCCCCCCCC. The van der Waals surface area contributed by atoms with Gasteiger partial charge in [0.15, 0.2) is 6.10 Å². The van der Waals surface area contributed by atoms with Crippen LogP contribution in [-0.2, 0) is 28.6 Å². The Hall–Kier alpha value is -2.37. The van der Waals surface area contributed by atoms with Crippen LogP contribution in [0.25, 0.3) is 0 Å². The van der Waals surface area contributed by atoms with E-state index in [9.17, 15) is 14.4 Å². The fraction of sp³-hybridized carbons (Fsp3) is 0.862. The van der Waals surface area contributed by atoms with E-state index in [4.69, 9.17) is 14.2 Å². The molecule has 0 amide bonds. The predicted molar refractivity (Wildman–Crippen MR) is 307 cm³/mol. The molecule has 1 atom stereocenters. The van der Waals surface area contributed by atoms with Gasteiger partial charge in [0.25, 0.3) is 0 Å². The third kappa shape index (κ3) is 58.4. The maximum atomic E-state index is 12.9. The minimum Gasteiger partial charge on any atom is -0.462 e. The average molecular weight is 998 g/mol. The average Bonchev–Trinajstić information content (AvgIpc) is 3.37. The molecule has 0 aliphatic carbocycles. The molecular formula is C65H120O6. The summed E-state index contributed by atoms with van der Waals surface area (Å²) in [6.45, 7) is 6.68. The molecule has 0 fully saturated rings. The van der Waals surface area contributed by atoms with Gasteiger partial charge in [-0.05, 0) is 57.8 Å². The third-order valence-corrected chi connectivity index (χ3v) is 14.1. The fourth-order valence-corrected chi connectivity index (χ4v) is 9.39. The van der Waals surface area contributed by atoms with Gasteiger partial charge in [0, 0.05) is 19.3 Å². The van der Waals surface area contributed by atoms with Crippen molar-refractivity contribution in [3.05, 3.63) is 36.5 Å². The van der Waals surface area contributed by atoms with E-state index in [1.807, 2.05) is 0 Å². The molecule has 0 aromatic heterocycles. The molecule has 0 radical (unpaired) electrons. The maximum Gasteiger partial charge on any atom is 0.306 e.